The maximum Gasteiger partial charge on any atom is 0.263 e. The number of anilines is 1. The molecule has 1 aromatic heterocycles. The molecular weight excluding hydrogens is 209 g/mol. The van der Waals surface area contributed by atoms with Gasteiger partial charge in [-0.15, -0.1) is 0 Å². The van der Waals surface area contributed by atoms with E-state index in [-0.39, 0.29) is 23.8 Å². The predicted octanol–water partition coefficient (Wildman–Crippen LogP) is 1.57. The molecule has 1 fully saturated rings. The Hall–Kier alpha value is -1.23. The van der Waals surface area contributed by atoms with Crippen LogP contribution in [0.15, 0.2) is 12.4 Å². The van der Waals surface area contributed by atoms with Gasteiger partial charge in [-0.05, 0) is 12.8 Å². The Morgan fingerprint density at radius 2 is 2.29 bits per heavy atom. The van der Waals surface area contributed by atoms with E-state index in [2.05, 4.69) is 15.3 Å². The third-order valence-corrected chi connectivity index (χ3v) is 2.18. The van der Waals surface area contributed by atoms with Crippen molar-refractivity contribution >= 4 is 23.3 Å². The van der Waals surface area contributed by atoms with E-state index >= 15 is 0 Å². The highest BCUT2D eigenvalue weighted by molar-refractivity contribution is 6.29. The van der Waals surface area contributed by atoms with E-state index in [1.165, 1.54) is 12.4 Å². The molecule has 4 nitrogen and oxygen atoms in total. The maximum absolute atomic E-state index is 13.2. The molecule has 1 aliphatic carbocycles. The SMILES string of the molecule is O=C(Nc1cc(Cl)ncn1)C1(F)CC1. The molecule has 1 saturated carbocycles. The van der Waals surface area contributed by atoms with Crippen LogP contribution in [0.1, 0.15) is 12.8 Å². The van der Waals surface area contributed by atoms with Gasteiger partial charge < -0.3 is 5.32 Å². The van der Waals surface area contributed by atoms with Gasteiger partial charge in [-0.3, -0.25) is 4.79 Å². The zero-order valence-electron chi connectivity index (χ0n) is 7.13. The first-order valence-electron chi connectivity index (χ1n) is 4.08. The number of halogens is 2. The van der Waals surface area contributed by atoms with E-state index in [0.29, 0.717) is 0 Å². The molecule has 0 atom stereocenters. The number of rotatable bonds is 2. The zero-order valence-corrected chi connectivity index (χ0v) is 7.88. The van der Waals surface area contributed by atoms with Crippen LogP contribution < -0.4 is 5.32 Å². The van der Waals surface area contributed by atoms with Gasteiger partial charge in [-0.1, -0.05) is 11.6 Å². The van der Waals surface area contributed by atoms with Gasteiger partial charge in [0, 0.05) is 6.07 Å². The van der Waals surface area contributed by atoms with Gasteiger partial charge >= 0.3 is 0 Å². The van der Waals surface area contributed by atoms with E-state index < -0.39 is 11.6 Å². The second kappa shape index (κ2) is 3.16. The van der Waals surface area contributed by atoms with Crippen molar-refractivity contribution in [3.63, 3.8) is 0 Å². The number of nitrogens with zero attached hydrogens (tertiary/aromatic N) is 2. The van der Waals surface area contributed by atoms with Gasteiger partial charge in [0.05, 0.1) is 0 Å². The summed E-state index contributed by atoms with van der Waals surface area (Å²) in [6.45, 7) is 0. The largest absolute Gasteiger partial charge is 0.308 e. The average molecular weight is 216 g/mol. The molecule has 1 aliphatic rings. The van der Waals surface area contributed by atoms with Crippen LogP contribution in [0.5, 0.6) is 0 Å². The van der Waals surface area contributed by atoms with E-state index in [1.807, 2.05) is 0 Å². The van der Waals surface area contributed by atoms with Gasteiger partial charge in [-0.2, -0.15) is 0 Å². The topological polar surface area (TPSA) is 54.9 Å². The number of alkyl halides is 1. The fraction of sp³-hybridized carbons (Fsp3) is 0.375. The Labute approximate surface area is 84.5 Å². The molecule has 1 N–H and O–H groups in total. The van der Waals surface area contributed by atoms with Crippen molar-refractivity contribution < 1.29 is 9.18 Å². The van der Waals surface area contributed by atoms with E-state index in [1.54, 1.807) is 0 Å². The van der Waals surface area contributed by atoms with Crippen LogP contribution in [-0.2, 0) is 4.79 Å². The smallest absolute Gasteiger partial charge is 0.263 e. The first-order valence-corrected chi connectivity index (χ1v) is 4.46. The lowest BCUT2D eigenvalue weighted by Gasteiger charge is -2.05. The Bertz CT molecular complexity index is 381. The number of hydrogen-bond donors (Lipinski definition) is 1. The van der Waals surface area contributed by atoms with Gasteiger partial charge in [0.2, 0.25) is 0 Å². The highest BCUT2D eigenvalue weighted by atomic mass is 35.5. The Morgan fingerprint density at radius 3 is 2.86 bits per heavy atom. The van der Waals surface area contributed by atoms with Crippen LogP contribution in [0.25, 0.3) is 0 Å². The maximum atomic E-state index is 13.2. The standard InChI is InChI=1S/C8H7ClFN3O/c9-5-3-6(12-4-11-5)13-7(14)8(10)1-2-8/h3-4H,1-2H2,(H,11,12,13,14). The van der Waals surface area contributed by atoms with Crippen LogP contribution in [0.2, 0.25) is 5.15 Å². The third kappa shape index (κ3) is 1.82. The predicted molar refractivity (Wildman–Crippen MR) is 48.7 cm³/mol. The lowest BCUT2D eigenvalue weighted by molar-refractivity contribution is -0.122. The second-order valence-electron chi connectivity index (χ2n) is 3.15. The average Bonchev–Trinajstić information content (AvgIpc) is 2.85. The summed E-state index contributed by atoms with van der Waals surface area (Å²) in [7, 11) is 0. The second-order valence-corrected chi connectivity index (χ2v) is 3.53. The first-order chi connectivity index (χ1) is 6.60. The lowest BCUT2D eigenvalue weighted by atomic mass is 10.3. The quantitative estimate of drug-likeness (QED) is 0.762. The summed E-state index contributed by atoms with van der Waals surface area (Å²) in [5, 5.41) is 2.54. The van der Waals surface area contributed by atoms with E-state index in [9.17, 15) is 9.18 Å². The zero-order chi connectivity index (χ0) is 10.2. The summed E-state index contributed by atoms with van der Waals surface area (Å²) in [5.41, 5.74) is -1.70. The minimum Gasteiger partial charge on any atom is -0.308 e. The molecule has 0 aromatic carbocycles. The molecule has 1 heterocycles. The molecule has 1 aromatic rings. The number of amides is 1. The van der Waals surface area contributed by atoms with Gasteiger partial charge in [-0.25, -0.2) is 14.4 Å². The molecule has 2 rings (SSSR count). The summed E-state index contributed by atoms with van der Waals surface area (Å²) >= 11 is 5.56. The summed E-state index contributed by atoms with van der Waals surface area (Å²) in [6.07, 6.45) is 1.76. The monoisotopic (exact) mass is 215 g/mol. The van der Waals surface area contributed by atoms with E-state index in [0.717, 1.165) is 0 Å². The summed E-state index contributed by atoms with van der Waals surface area (Å²) < 4.78 is 13.2. The highest BCUT2D eigenvalue weighted by Crippen LogP contribution is 2.40. The Morgan fingerprint density at radius 1 is 1.57 bits per heavy atom. The van der Waals surface area contributed by atoms with E-state index in [4.69, 9.17) is 11.6 Å². The summed E-state index contributed by atoms with van der Waals surface area (Å²) in [6, 6.07) is 1.37. The van der Waals surface area contributed by atoms with Crippen LogP contribution in [0, 0.1) is 0 Å². The normalized spacial score (nSPS) is 17.6. The van der Waals surface area contributed by atoms with Crippen LogP contribution in [0.3, 0.4) is 0 Å². The molecule has 74 valence electrons. The number of carbonyl (C=O) groups excluding carboxylic acids is 1. The Balaban J connectivity index is 2.07. The van der Waals surface area contributed by atoms with Crippen LogP contribution in [0.4, 0.5) is 10.2 Å². The lowest BCUT2D eigenvalue weighted by Crippen LogP contribution is -2.25. The molecule has 6 heteroatoms. The number of aromatic nitrogens is 2. The van der Waals surface area contributed by atoms with Crippen molar-refractivity contribution in [1.29, 1.82) is 0 Å². The van der Waals surface area contributed by atoms with Crippen molar-refractivity contribution in [3.8, 4) is 0 Å². The van der Waals surface area contributed by atoms with Crippen molar-refractivity contribution in [2.45, 2.75) is 18.5 Å². The van der Waals surface area contributed by atoms with Crippen molar-refractivity contribution in [2.75, 3.05) is 5.32 Å². The van der Waals surface area contributed by atoms with Crippen LogP contribution >= 0.6 is 11.6 Å². The Kier molecular flexibility index (Phi) is 2.11. The molecule has 1 amide bonds. The minimum absolute atomic E-state index is 0.207. The number of nitrogens with one attached hydrogen (secondary N) is 1. The highest BCUT2D eigenvalue weighted by Gasteiger charge is 2.50. The van der Waals surface area contributed by atoms with Gasteiger partial charge in [0.25, 0.3) is 5.91 Å². The van der Waals surface area contributed by atoms with Crippen molar-refractivity contribution in [2.24, 2.45) is 0 Å². The molecule has 0 aliphatic heterocycles. The minimum atomic E-state index is -1.70. The van der Waals surface area contributed by atoms with Crippen molar-refractivity contribution in [3.05, 3.63) is 17.5 Å². The molecule has 0 unspecified atom stereocenters. The molecule has 0 saturated heterocycles. The molecule has 0 radical (unpaired) electrons. The number of hydrogen-bond acceptors (Lipinski definition) is 3. The fourth-order valence-corrected chi connectivity index (χ4v) is 1.11. The van der Waals surface area contributed by atoms with Gasteiger partial charge in [0.15, 0.2) is 5.67 Å². The number of carbonyl (C=O) groups is 1. The van der Waals surface area contributed by atoms with Gasteiger partial charge in [0.1, 0.15) is 17.3 Å². The van der Waals surface area contributed by atoms with Crippen LogP contribution in [-0.4, -0.2) is 21.5 Å². The first kappa shape index (κ1) is 9.33. The third-order valence-electron chi connectivity index (χ3n) is 1.97. The molecule has 0 bridgehead atoms. The van der Waals surface area contributed by atoms with Crippen molar-refractivity contribution in [1.82, 2.24) is 9.97 Å². The summed E-state index contributed by atoms with van der Waals surface area (Å²) in [4.78, 5) is 18.6. The fourth-order valence-electron chi connectivity index (χ4n) is 0.967. The molecular formula is C8H7ClFN3O. The summed E-state index contributed by atoms with van der Waals surface area (Å²) in [5.74, 6) is -0.439. The molecule has 14 heavy (non-hydrogen) atoms. The molecule has 0 spiro atoms.